The molecule has 2 heterocycles. The number of aliphatic hydroxyl groups excluding tert-OH is 1. The van der Waals surface area contributed by atoms with Crippen molar-refractivity contribution in [3.05, 3.63) is 35.4 Å². The second kappa shape index (κ2) is 4.88. The van der Waals surface area contributed by atoms with Gasteiger partial charge in [0, 0.05) is 6.54 Å². The highest BCUT2D eigenvalue weighted by molar-refractivity contribution is 6.07. The van der Waals surface area contributed by atoms with E-state index < -0.39 is 5.54 Å². The summed E-state index contributed by atoms with van der Waals surface area (Å²) in [4.78, 5) is 25.7. The van der Waals surface area contributed by atoms with E-state index in [0.717, 1.165) is 17.7 Å². The number of rotatable bonds is 3. The fourth-order valence-electron chi connectivity index (χ4n) is 2.73. The van der Waals surface area contributed by atoms with Crippen molar-refractivity contribution in [2.75, 3.05) is 13.1 Å². The van der Waals surface area contributed by atoms with Gasteiger partial charge in [-0.25, -0.2) is 4.79 Å². The molecule has 1 spiro atoms. The third-order valence-corrected chi connectivity index (χ3v) is 3.95. The summed E-state index contributed by atoms with van der Waals surface area (Å²) in [6.45, 7) is 1.49. The molecule has 2 aliphatic heterocycles. The number of urea groups is 1. The molecule has 2 saturated heterocycles. The van der Waals surface area contributed by atoms with Crippen LogP contribution in [0.5, 0.6) is 0 Å². The number of nitrogens with zero attached hydrogens (tertiary/aromatic N) is 1. The van der Waals surface area contributed by atoms with Gasteiger partial charge < -0.3 is 15.7 Å². The van der Waals surface area contributed by atoms with Crippen LogP contribution in [0.1, 0.15) is 17.5 Å². The fraction of sp³-hybridized carbons (Fsp3) is 0.429. The average Bonchev–Trinajstić information content (AvgIpc) is 3.01. The topological polar surface area (TPSA) is 81.7 Å². The second-order valence-electron chi connectivity index (χ2n) is 5.30. The standard InChI is InChI=1S/C14H17N3O3/c18-8-11-3-1-10(2-4-11)7-17-12(19)14(16-13(17)20)5-6-15-9-14/h1-4,15,18H,5-9H2,(H,16,20). The maximum absolute atomic E-state index is 12.4. The number of amides is 3. The first-order chi connectivity index (χ1) is 9.64. The number of hydrogen-bond donors (Lipinski definition) is 3. The van der Waals surface area contributed by atoms with E-state index in [4.69, 9.17) is 5.11 Å². The molecule has 0 aliphatic carbocycles. The molecule has 2 fully saturated rings. The number of imide groups is 1. The Kier molecular flexibility index (Phi) is 3.19. The van der Waals surface area contributed by atoms with Gasteiger partial charge in [-0.2, -0.15) is 0 Å². The first-order valence-corrected chi connectivity index (χ1v) is 6.68. The molecule has 2 aliphatic rings. The molecule has 3 rings (SSSR count). The Bertz CT molecular complexity index is 535. The molecule has 0 saturated carbocycles. The SMILES string of the molecule is O=C1NC2(CCNC2)C(=O)N1Cc1ccc(CO)cc1. The first-order valence-electron chi connectivity index (χ1n) is 6.68. The number of hydrogen-bond acceptors (Lipinski definition) is 4. The van der Waals surface area contributed by atoms with Gasteiger partial charge in [-0.05, 0) is 24.1 Å². The maximum Gasteiger partial charge on any atom is 0.325 e. The monoisotopic (exact) mass is 275 g/mol. The van der Waals surface area contributed by atoms with E-state index >= 15 is 0 Å². The van der Waals surface area contributed by atoms with Crippen molar-refractivity contribution in [2.24, 2.45) is 0 Å². The van der Waals surface area contributed by atoms with Crippen molar-refractivity contribution in [1.29, 1.82) is 0 Å². The molecule has 20 heavy (non-hydrogen) atoms. The van der Waals surface area contributed by atoms with Gasteiger partial charge >= 0.3 is 6.03 Å². The largest absolute Gasteiger partial charge is 0.392 e. The minimum absolute atomic E-state index is 0.0157. The lowest BCUT2D eigenvalue weighted by atomic mass is 9.99. The van der Waals surface area contributed by atoms with Crippen molar-refractivity contribution in [1.82, 2.24) is 15.5 Å². The third-order valence-electron chi connectivity index (χ3n) is 3.95. The highest BCUT2D eigenvalue weighted by Gasteiger charge is 2.52. The van der Waals surface area contributed by atoms with E-state index in [1.54, 1.807) is 12.1 Å². The van der Waals surface area contributed by atoms with Crippen molar-refractivity contribution >= 4 is 11.9 Å². The number of benzene rings is 1. The Hall–Kier alpha value is -1.92. The zero-order chi connectivity index (χ0) is 14.2. The molecule has 0 bridgehead atoms. The fourth-order valence-corrected chi connectivity index (χ4v) is 2.73. The molecule has 3 N–H and O–H groups in total. The normalized spacial score (nSPS) is 25.6. The van der Waals surface area contributed by atoms with Crippen LogP contribution in [-0.4, -0.2) is 40.6 Å². The van der Waals surface area contributed by atoms with Gasteiger partial charge in [0.2, 0.25) is 0 Å². The minimum Gasteiger partial charge on any atom is -0.392 e. The van der Waals surface area contributed by atoms with Crippen LogP contribution in [0.15, 0.2) is 24.3 Å². The quantitative estimate of drug-likeness (QED) is 0.676. The summed E-state index contributed by atoms with van der Waals surface area (Å²) in [5.74, 6) is -0.154. The van der Waals surface area contributed by atoms with Crippen LogP contribution < -0.4 is 10.6 Å². The van der Waals surface area contributed by atoms with Gasteiger partial charge in [0.25, 0.3) is 5.91 Å². The molecule has 1 atom stereocenters. The Morgan fingerprint density at radius 3 is 2.50 bits per heavy atom. The van der Waals surface area contributed by atoms with Crippen molar-refractivity contribution in [2.45, 2.75) is 25.1 Å². The van der Waals surface area contributed by atoms with Gasteiger partial charge in [0.05, 0.1) is 13.2 Å². The molecular formula is C14H17N3O3. The lowest BCUT2D eigenvalue weighted by Crippen LogP contribution is -2.48. The van der Waals surface area contributed by atoms with Gasteiger partial charge in [-0.1, -0.05) is 24.3 Å². The predicted molar refractivity (Wildman–Crippen MR) is 71.7 cm³/mol. The van der Waals surface area contributed by atoms with E-state index in [9.17, 15) is 9.59 Å². The second-order valence-corrected chi connectivity index (χ2v) is 5.30. The van der Waals surface area contributed by atoms with Gasteiger partial charge in [0.15, 0.2) is 0 Å². The van der Waals surface area contributed by atoms with Crippen molar-refractivity contribution in [3.8, 4) is 0 Å². The first kappa shape index (κ1) is 13.1. The third kappa shape index (κ3) is 2.07. The molecule has 3 amide bonds. The minimum atomic E-state index is -0.748. The van der Waals surface area contributed by atoms with E-state index in [-0.39, 0.29) is 25.1 Å². The summed E-state index contributed by atoms with van der Waals surface area (Å²) in [6, 6.07) is 6.90. The smallest absolute Gasteiger partial charge is 0.325 e. The number of aliphatic hydroxyl groups is 1. The number of carbonyl (C=O) groups excluding carboxylic acids is 2. The maximum atomic E-state index is 12.4. The molecule has 106 valence electrons. The van der Waals surface area contributed by atoms with Crippen LogP contribution in [0.3, 0.4) is 0 Å². The lowest BCUT2D eigenvalue weighted by molar-refractivity contribution is -0.131. The zero-order valence-electron chi connectivity index (χ0n) is 11.1. The average molecular weight is 275 g/mol. The van der Waals surface area contributed by atoms with Crippen molar-refractivity contribution < 1.29 is 14.7 Å². The Labute approximate surface area is 116 Å². The van der Waals surface area contributed by atoms with Gasteiger partial charge in [-0.15, -0.1) is 0 Å². The van der Waals surface area contributed by atoms with Gasteiger partial charge in [-0.3, -0.25) is 9.69 Å². The van der Waals surface area contributed by atoms with Crippen LogP contribution in [0.4, 0.5) is 4.79 Å². The Balaban J connectivity index is 1.76. The lowest BCUT2D eigenvalue weighted by Gasteiger charge is -2.19. The highest BCUT2D eigenvalue weighted by Crippen LogP contribution is 2.25. The molecule has 1 aromatic rings. The van der Waals surface area contributed by atoms with Crippen LogP contribution in [0.25, 0.3) is 0 Å². The van der Waals surface area contributed by atoms with Crippen LogP contribution in [-0.2, 0) is 17.9 Å². The summed E-state index contributed by atoms with van der Waals surface area (Å²) in [5.41, 5.74) is 0.929. The van der Waals surface area contributed by atoms with Crippen molar-refractivity contribution in [3.63, 3.8) is 0 Å². The summed E-state index contributed by atoms with van der Waals surface area (Å²) < 4.78 is 0. The molecule has 1 aromatic carbocycles. The number of nitrogens with one attached hydrogen (secondary N) is 2. The summed E-state index contributed by atoms with van der Waals surface area (Å²) in [7, 11) is 0. The molecule has 0 radical (unpaired) electrons. The van der Waals surface area contributed by atoms with E-state index in [1.165, 1.54) is 4.90 Å². The van der Waals surface area contributed by atoms with Crippen LogP contribution >= 0.6 is 0 Å². The Morgan fingerprint density at radius 1 is 1.20 bits per heavy atom. The predicted octanol–water partition coefficient (Wildman–Crippen LogP) is -0.0372. The molecule has 6 nitrogen and oxygen atoms in total. The highest BCUT2D eigenvalue weighted by atomic mass is 16.3. The van der Waals surface area contributed by atoms with E-state index in [1.807, 2.05) is 12.1 Å². The molecule has 1 unspecified atom stereocenters. The Morgan fingerprint density at radius 2 is 1.90 bits per heavy atom. The summed E-state index contributed by atoms with van der Waals surface area (Å²) in [6.07, 6.45) is 0.636. The zero-order valence-corrected chi connectivity index (χ0v) is 11.1. The molecular weight excluding hydrogens is 258 g/mol. The molecule has 0 aromatic heterocycles. The van der Waals surface area contributed by atoms with Crippen LogP contribution in [0.2, 0.25) is 0 Å². The van der Waals surface area contributed by atoms with E-state index in [2.05, 4.69) is 10.6 Å². The summed E-state index contributed by atoms with van der Waals surface area (Å²) in [5, 5.41) is 14.9. The summed E-state index contributed by atoms with van der Waals surface area (Å²) >= 11 is 0. The van der Waals surface area contributed by atoms with Gasteiger partial charge in [0.1, 0.15) is 5.54 Å². The van der Waals surface area contributed by atoms with Crippen LogP contribution in [0, 0.1) is 0 Å². The molecule has 6 heteroatoms. The number of carbonyl (C=O) groups is 2. The van der Waals surface area contributed by atoms with E-state index in [0.29, 0.717) is 13.0 Å².